The molecule has 0 heterocycles. The Balaban J connectivity index is 2.32. The van der Waals surface area contributed by atoms with Crippen LogP contribution in [0.2, 0.25) is 0 Å². The highest BCUT2D eigenvalue weighted by Gasteiger charge is 2.36. The van der Waals surface area contributed by atoms with E-state index in [2.05, 4.69) is 50.9 Å². The molecule has 1 atom stereocenters. The summed E-state index contributed by atoms with van der Waals surface area (Å²) >= 11 is 7.12. The molecule has 0 saturated heterocycles. The lowest BCUT2D eigenvalue weighted by Crippen LogP contribution is -2.29. The van der Waals surface area contributed by atoms with Gasteiger partial charge in [-0.25, -0.2) is 0 Å². The van der Waals surface area contributed by atoms with Crippen molar-refractivity contribution in [3.05, 3.63) is 32.7 Å². The first-order valence-electron chi connectivity index (χ1n) is 5.73. The van der Waals surface area contributed by atoms with E-state index in [1.165, 1.54) is 31.2 Å². The van der Waals surface area contributed by atoms with Gasteiger partial charge >= 0.3 is 0 Å². The normalized spacial score (nSPS) is 21.0. The number of halogens is 2. The van der Waals surface area contributed by atoms with Crippen molar-refractivity contribution in [3.8, 4) is 0 Å². The Labute approximate surface area is 114 Å². The molecule has 1 saturated carbocycles. The van der Waals surface area contributed by atoms with Crippen LogP contribution in [0.1, 0.15) is 44.2 Å². The van der Waals surface area contributed by atoms with Gasteiger partial charge in [0.1, 0.15) is 0 Å². The summed E-state index contributed by atoms with van der Waals surface area (Å²) in [5.41, 5.74) is 7.94. The van der Waals surface area contributed by atoms with Crippen molar-refractivity contribution in [1.29, 1.82) is 0 Å². The van der Waals surface area contributed by atoms with Crippen LogP contribution in [0.4, 0.5) is 0 Å². The number of nitrogens with two attached hydrogens (primary N) is 1. The quantitative estimate of drug-likeness (QED) is 0.818. The molecule has 1 fully saturated rings. The second-order valence-electron chi connectivity index (χ2n) is 5.00. The van der Waals surface area contributed by atoms with E-state index in [1.807, 2.05) is 6.07 Å². The fraction of sp³-hybridized carbons (Fsp3) is 0.538. The van der Waals surface area contributed by atoms with Crippen molar-refractivity contribution >= 4 is 31.9 Å². The Hall–Kier alpha value is 0.140. The smallest absolute Gasteiger partial charge is 0.0361 e. The molecule has 0 spiro atoms. The highest BCUT2D eigenvalue weighted by Crippen LogP contribution is 2.47. The standard InChI is InChI=1S/C13H17Br2N/c1-13(6-2-3-7-13)12(16)10-8-9(14)4-5-11(10)15/h4-5,8,12H,2-3,6-7,16H2,1H3. The molecule has 88 valence electrons. The topological polar surface area (TPSA) is 26.0 Å². The maximum absolute atomic E-state index is 6.45. The first kappa shape index (κ1) is 12.6. The average Bonchev–Trinajstić information content (AvgIpc) is 2.69. The molecule has 0 aromatic heterocycles. The van der Waals surface area contributed by atoms with Gasteiger partial charge in [-0.1, -0.05) is 51.6 Å². The van der Waals surface area contributed by atoms with Gasteiger partial charge in [-0.15, -0.1) is 0 Å². The minimum atomic E-state index is 0.127. The van der Waals surface area contributed by atoms with E-state index in [0.717, 1.165) is 8.95 Å². The molecule has 0 radical (unpaired) electrons. The van der Waals surface area contributed by atoms with Gasteiger partial charge in [0, 0.05) is 15.0 Å². The van der Waals surface area contributed by atoms with Crippen molar-refractivity contribution in [1.82, 2.24) is 0 Å². The maximum Gasteiger partial charge on any atom is 0.0361 e. The Morgan fingerprint density at radius 1 is 1.25 bits per heavy atom. The van der Waals surface area contributed by atoms with Crippen LogP contribution < -0.4 is 5.73 Å². The van der Waals surface area contributed by atoms with Crippen LogP contribution in [0.25, 0.3) is 0 Å². The van der Waals surface area contributed by atoms with Crippen molar-refractivity contribution < 1.29 is 0 Å². The predicted molar refractivity (Wildman–Crippen MR) is 75.3 cm³/mol. The van der Waals surface area contributed by atoms with Crippen LogP contribution in [-0.4, -0.2) is 0 Å². The third kappa shape index (κ3) is 2.36. The summed E-state index contributed by atoms with van der Waals surface area (Å²) in [4.78, 5) is 0. The van der Waals surface area contributed by atoms with E-state index in [1.54, 1.807) is 0 Å². The Bertz CT molecular complexity index is 384. The van der Waals surface area contributed by atoms with Crippen molar-refractivity contribution in [2.45, 2.75) is 38.6 Å². The SMILES string of the molecule is CC1(C(N)c2cc(Br)ccc2Br)CCCC1. The van der Waals surface area contributed by atoms with Crippen LogP contribution in [0.5, 0.6) is 0 Å². The molecule has 2 rings (SSSR count). The number of hydrogen-bond acceptors (Lipinski definition) is 1. The van der Waals surface area contributed by atoms with Crippen molar-refractivity contribution in [3.63, 3.8) is 0 Å². The average molecular weight is 347 g/mol. The molecule has 2 N–H and O–H groups in total. The minimum absolute atomic E-state index is 0.127. The van der Waals surface area contributed by atoms with Gasteiger partial charge < -0.3 is 5.73 Å². The van der Waals surface area contributed by atoms with E-state index < -0.39 is 0 Å². The fourth-order valence-electron chi connectivity index (χ4n) is 2.62. The Kier molecular flexibility index (Phi) is 3.77. The summed E-state index contributed by atoms with van der Waals surface area (Å²) in [6, 6.07) is 6.37. The van der Waals surface area contributed by atoms with Gasteiger partial charge in [0.2, 0.25) is 0 Å². The minimum Gasteiger partial charge on any atom is -0.323 e. The van der Waals surface area contributed by atoms with Gasteiger partial charge in [-0.2, -0.15) is 0 Å². The first-order chi connectivity index (χ1) is 7.53. The van der Waals surface area contributed by atoms with Gasteiger partial charge in [0.05, 0.1) is 0 Å². The zero-order valence-electron chi connectivity index (χ0n) is 9.47. The van der Waals surface area contributed by atoms with E-state index in [9.17, 15) is 0 Å². The molecule has 16 heavy (non-hydrogen) atoms. The molecule has 0 bridgehead atoms. The molecule has 0 amide bonds. The second-order valence-corrected chi connectivity index (χ2v) is 6.77. The molecular formula is C13H17Br2N. The predicted octanol–water partition coefficient (Wildman–Crippen LogP) is 4.79. The number of benzene rings is 1. The molecular weight excluding hydrogens is 330 g/mol. The maximum atomic E-state index is 6.45. The largest absolute Gasteiger partial charge is 0.323 e. The zero-order chi connectivity index (χ0) is 11.8. The van der Waals surface area contributed by atoms with Crippen molar-refractivity contribution in [2.24, 2.45) is 11.1 Å². The number of hydrogen-bond donors (Lipinski definition) is 1. The Morgan fingerprint density at radius 2 is 1.88 bits per heavy atom. The van der Waals surface area contributed by atoms with Crippen LogP contribution in [0.15, 0.2) is 27.1 Å². The van der Waals surface area contributed by atoms with Crippen LogP contribution in [-0.2, 0) is 0 Å². The molecule has 1 unspecified atom stereocenters. The van der Waals surface area contributed by atoms with Crippen LogP contribution in [0, 0.1) is 5.41 Å². The van der Waals surface area contributed by atoms with E-state index in [-0.39, 0.29) is 11.5 Å². The lowest BCUT2D eigenvalue weighted by molar-refractivity contribution is 0.265. The summed E-state index contributed by atoms with van der Waals surface area (Å²) in [5.74, 6) is 0. The highest BCUT2D eigenvalue weighted by molar-refractivity contribution is 9.11. The third-order valence-corrected chi connectivity index (χ3v) is 5.01. The van der Waals surface area contributed by atoms with Crippen molar-refractivity contribution in [2.75, 3.05) is 0 Å². The molecule has 1 nitrogen and oxygen atoms in total. The zero-order valence-corrected chi connectivity index (χ0v) is 12.6. The monoisotopic (exact) mass is 345 g/mol. The second kappa shape index (κ2) is 4.79. The van der Waals surface area contributed by atoms with E-state index in [0.29, 0.717) is 0 Å². The molecule has 1 aliphatic carbocycles. The fourth-order valence-corrected chi connectivity index (χ4v) is 3.49. The van der Waals surface area contributed by atoms with E-state index >= 15 is 0 Å². The highest BCUT2D eigenvalue weighted by atomic mass is 79.9. The van der Waals surface area contributed by atoms with Crippen LogP contribution in [0.3, 0.4) is 0 Å². The lowest BCUT2D eigenvalue weighted by Gasteiger charge is -2.32. The van der Waals surface area contributed by atoms with Gasteiger partial charge in [0.25, 0.3) is 0 Å². The lowest BCUT2D eigenvalue weighted by atomic mass is 9.78. The molecule has 3 heteroatoms. The van der Waals surface area contributed by atoms with Gasteiger partial charge in [0.15, 0.2) is 0 Å². The molecule has 0 aliphatic heterocycles. The summed E-state index contributed by atoms with van der Waals surface area (Å²) in [5, 5.41) is 0. The molecule has 1 aromatic rings. The number of rotatable bonds is 2. The summed E-state index contributed by atoms with van der Waals surface area (Å²) in [7, 11) is 0. The van der Waals surface area contributed by atoms with Crippen LogP contribution >= 0.6 is 31.9 Å². The molecule has 1 aliphatic rings. The Morgan fingerprint density at radius 3 is 2.50 bits per heavy atom. The summed E-state index contributed by atoms with van der Waals surface area (Å²) < 4.78 is 2.22. The molecule has 1 aromatic carbocycles. The summed E-state index contributed by atoms with van der Waals surface area (Å²) in [6.45, 7) is 2.32. The third-order valence-electron chi connectivity index (χ3n) is 3.79. The van der Waals surface area contributed by atoms with Gasteiger partial charge in [-0.05, 0) is 42.0 Å². The summed E-state index contributed by atoms with van der Waals surface area (Å²) in [6.07, 6.45) is 5.12. The van der Waals surface area contributed by atoms with Gasteiger partial charge in [-0.3, -0.25) is 0 Å². The first-order valence-corrected chi connectivity index (χ1v) is 7.32. The van der Waals surface area contributed by atoms with E-state index in [4.69, 9.17) is 5.73 Å².